The van der Waals surface area contributed by atoms with Crippen LogP contribution in [0, 0.1) is 40.4 Å². The maximum absolute atomic E-state index is 12.2. The first-order valence-electron chi connectivity index (χ1n) is 15.1. The molecule has 1 aliphatic heterocycles. The molecule has 0 radical (unpaired) electrons. The van der Waals surface area contributed by atoms with Gasteiger partial charge in [0.25, 0.3) is 0 Å². The molecule has 36 heavy (non-hydrogen) atoms. The fourth-order valence-corrected chi connectivity index (χ4v) is 10.0. The lowest BCUT2D eigenvalue weighted by Gasteiger charge is -2.60. The Balaban J connectivity index is 1.15. The summed E-state index contributed by atoms with van der Waals surface area (Å²) in [7, 11) is 0. The van der Waals surface area contributed by atoms with Crippen LogP contribution >= 0.6 is 0 Å². The first-order valence-corrected chi connectivity index (χ1v) is 15.1. The third-order valence-corrected chi connectivity index (χ3v) is 11.9. The molecule has 1 heterocycles. The molecule has 10 atom stereocenters. The minimum Gasteiger partial charge on any atom is -0.466 e. The highest BCUT2D eigenvalue weighted by Gasteiger charge is 2.75. The van der Waals surface area contributed by atoms with Gasteiger partial charge in [0.05, 0.1) is 18.3 Å². The Morgan fingerprint density at radius 2 is 2.00 bits per heavy atom. The number of hydrogen-bond donors (Lipinski definition) is 1. The van der Waals surface area contributed by atoms with Crippen molar-refractivity contribution in [2.45, 2.75) is 122 Å². The van der Waals surface area contributed by atoms with Crippen LogP contribution < -0.4 is 0 Å². The quantitative estimate of drug-likeness (QED) is 0.257. The van der Waals surface area contributed by atoms with Crippen molar-refractivity contribution in [1.29, 1.82) is 0 Å². The zero-order chi connectivity index (χ0) is 25.1. The maximum Gasteiger partial charge on any atom is 0.305 e. The number of rotatable bonds is 7. The molecule has 0 amide bonds. The van der Waals surface area contributed by atoms with Crippen LogP contribution in [0.5, 0.6) is 0 Å². The van der Waals surface area contributed by atoms with Gasteiger partial charge in [0, 0.05) is 13.0 Å². The van der Waals surface area contributed by atoms with E-state index < -0.39 is 5.60 Å². The molecule has 1 N–H and O–H groups in total. The van der Waals surface area contributed by atoms with Crippen LogP contribution in [-0.2, 0) is 19.0 Å². The number of aliphatic hydroxyl groups is 1. The van der Waals surface area contributed by atoms with Gasteiger partial charge in [0.15, 0.2) is 6.29 Å². The van der Waals surface area contributed by atoms with Gasteiger partial charge in [0.1, 0.15) is 0 Å². The molecular formula is C31H48O5. The highest BCUT2D eigenvalue weighted by molar-refractivity contribution is 5.68. The number of carbonyl (C=O) groups excluding carboxylic acids is 1. The van der Waals surface area contributed by atoms with E-state index in [9.17, 15) is 9.90 Å². The van der Waals surface area contributed by atoms with Crippen LogP contribution in [-0.4, -0.2) is 42.3 Å². The molecule has 5 nitrogen and oxygen atoms in total. The Morgan fingerprint density at radius 1 is 1.14 bits per heavy atom. The molecule has 1 saturated heterocycles. The number of esters is 1. The van der Waals surface area contributed by atoms with Crippen LogP contribution in [0.15, 0.2) is 11.6 Å². The average Bonchev–Trinajstić information content (AvgIpc) is 3.64. The summed E-state index contributed by atoms with van der Waals surface area (Å²) in [5.74, 6) is 3.06. The lowest BCUT2D eigenvalue weighted by Crippen LogP contribution is -2.56. The van der Waals surface area contributed by atoms with Crippen LogP contribution in [0.25, 0.3) is 0 Å². The largest absolute Gasteiger partial charge is 0.466 e. The van der Waals surface area contributed by atoms with Gasteiger partial charge in [-0.1, -0.05) is 32.4 Å². The van der Waals surface area contributed by atoms with Crippen molar-refractivity contribution >= 4 is 5.97 Å². The maximum atomic E-state index is 12.2. The average molecular weight is 501 g/mol. The van der Waals surface area contributed by atoms with E-state index in [1.54, 1.807) is 5.57 Å². The molecule has 4 saturated carbocycles. The monoisotopic (exact) mass is 500 g/mol. The smallest absolute Gasteiger partial charge is 0.305 e. The second-order valence-corrected chi connectivity index (χ2v) is 13.5. The normalized spacial score (nSPS) is 49.2. The molecule has 1 unspecified atom stereocenters. The fraction of sp³-hybridized carbons (Fsp3) is 0.903. The van der Waals surface area contributed by atoms with E-state index in [2.05, 4.69) is 19.9 Å². The first-order chi connectivity index (χ1) is 17.3. The molecule has 5 fully saturated rings. The lowest BCUT2D eigenvalue weighted by atomic mass is 9.45. The Labute approximate surface area is 217 Å². The van der Waals surface area contributed by atoms with E-state index in [4.69, 9.17) is 14.2 Å². The Kier molecular flexibility index (Phi) is 6.61. The Bertz CT molecular complexity index is 878. The summed E-state index contributed by atoms with van der Waals surface area (Å²) >= 11 is 0. The van der Waals surface area contributed by atoms with Crippen LogP contribution in [0.4, 0.5) is 0 Å². The van der Waals surface area contributed by atoms with E-state index in [1.165, 1.54) is 38.5 Å². The van der Waals surface area contributed by atoms with Crippen molar-refractivity contribution in [2.24, 2.45) is 40.4 Å². The SMILES string of the molecule is CCC(=O)OCCC[C@]1(O)[C@H]2C[C@H]2[C@H]2[C@@H]3CC=C4C[C@@H](OC5CCCCO5)CC[C@]4(C)[C@H]3CC[C@@]21C. The van der Waals surface area contributed by atoms with Gasteiger partial charge in [-0.15, -0.1) is 0 Å². The third-order valence-electron chi connectivity index (χ3n) is 11.9. The van der Waals surface area contributed by atoms with Crippen LogP contribution in [0.3, 0.4) is 0 Å². The van der Waals surface area contributed by atoms with Crippen LogP contribution in [0.1, 0.15) is 104 Å². The molecule has 0 aromatic rings. The van der Waals surface area contributed by atoms with Crippen molar-refractivity contribution in [2.75, 3.05) is 13.2 Å². The molecule has 5 aliphatic carbocycles. The molecule has 202 valence electrons. The Morgan fingerprint density at radius 3 is 2.78 bits per heavy atom. The van der Waals surface area contributed by atoms with E-state index in [0.29, 0.717) is 42.8 Å². The van der Waals surface area contributed by atoms with E-state index in [0.717, 1.165) is 51.0 Å². The van der Waals surface area contributed by atoms with Gasteiger partial charge in [0.2, 0.25) is 0 Å². The van der Waals surface area contributed by atoms with E-state index in [-0.39, 0.29) is 23.1 Å². The standard InChI is InChI=1S/C31H48O5/c1-4-26(32)34-17-7-13-31(33)25-19-23(25)28-22-10-9-20-18-21(36-27-8-5-6-16-35-27)11-14-29(20,2)24(22)12-15-30(28,31)3/h9,21-25,27-28,33H,4-8,10-19H2,1-3H3/t21-,22+,23+,24-,25-,27?,28+,29-,30-,31-/m0/s1. The molecule has 0 aromatic heterocycles. The van der Waals surface area contributed by atoms with Crippen LogP contribution in [0.2, 0.25) is 0 Å². The summed E-state index contributed by atoms with van der Waals surface area (Å²) in [6.07, 6.45) is 16.5. The Hall–Kier alpha value is -0.910. The van der Waals surface area contributed by atoms with Gasteiger partial charge in [-0.3, -0.25) is 4.79 Å². The molecular weight excluding hydrogens is 452 g/mol. The number of allylic oxidation sites excluding steroid dienone is 1. The number of fused-ring (bicyclic) bond motifs is 7. The second-order valence-electron chi connectivity index (χ2n) is 13.5. The highest BCUT2D eigenvalue weighted by atomic mass is 16.7. The molecule has 0 bridgehead atoms. The number of carbonyl (C=O) groups is 1. The fourth-order valence-electron chi connectivity index (χ4n) is 10.0. The second kappa shape index (κ2) is 9.38. The van der Waals surface area contributed by atoms with Crippen molar-refractivity contribution < 1.29 is 24.1 Å². The lowest BCUT2D eigenvalue weighted by molar-refractivity contribution is -0.196. The van der Waals surface area contributed by atoms with Crippen molar-refractivity contribution in [1.82, 2.24) is 0 Å². The zero-order valence-electron chi connectivity index (χ0n) is 22.8. The summed E-state index contributed by atoms with van der Waals surface area (Å²) in [6.45, 7) is 8.09. The molecule has 5 heteroatoms. The highest BCUT2D eigenvalue weighted by Crippen LogP contribution is 2.77. The van der Waals surface area contributed by atoms with Crippen molar-refractivity contribution in [3.8, 4) is 0 Å². The van der Waals surface area contributed by atoms with Gasteiger partial charge in [-0.05, 0) is 117 Å². The minimum absolute atomic E-state index is 0.00312. The van der Waals surface area contributed by atoms with Gasteiger partial charge >= 0.3 is 5.97 Å². The van der Waals surface area contributed by atoms with Gasteiger partial charge in [-0.25, -0.2) is 0 Å². The summed E-state index contributed by atoms with van der Waals surface area (Å²) in [6, 6.07) is 0. The topological polar surface area (TPSA) is 65.0 Å². The number of hydrogen-bond acceptors (Lipinski definition) is 5. The summed E-state index contributed by atoms with van der Waals surface area (Å²) in [4.78, 5) is 11.6. The summed E-state index contributed by atoms with van der Waals surface area (Å²) in [5, 5.41) is 12.2. The third kappa shape index (κ3) is 3.93. The van der Waals surface area contributed by atoms with Gasteiger partial charge in [-0.2, -0.15) is 0 Å². The molecule has 0 spiro atoms. The minimum atomic E-state index is -0.595. The summed E-state index contributed by atoms with van der Waals surface area (Å²) in [5.41, 5.74) is 1.34. The first kappa shape index (κ1) is 25.4. The number of ether oxygens (including phenoxy) is 3. The molecule has 6 rings (SSSR count). The predicted octanol–water partition coefficient (Wildman–Crippen LogP) is 6.18. The predicted molar refractivity (Wildman–Crippen MR) is 138 cm³/mol. The summed E-state index contributed by atoms with van der Waals surface area (Å²) < 4.78 is 17.7. The van der Waals surface area contributed by atoms with Gasteiger partial charge < -0.3 is 19.3 Å². The molecule has 6 aliphatic rings. The molecule has 0 aromatic carbocycles. The van der Waals surface area contributed by atoms with Crippen molar-refractivity contribution in [3.63, 3.8) is 0 Å². The zero-order valence-corrected chi connectivity index (χ0v) is 22.8. The van der Waals surface area contributed by atoms with E-state index in [1.807, 2.05) is 6.92 Å². The van der Waals surface area contributed by atoms with E-state index >= 15 is 0 Å². The van der Waals surface area contributed by atoms with Crippen molar-refractivity contribution in [3.05, 3.63) is 11.6 Å².